The van der Waals surface area contributed by atoms with Crippen molar-refractivity contribution in [3.05, 3.63) is 65.5 Å². The number of hydrogen-bond acceptors (Lipinski definition) is 4. The van der Waals surface area contributed by atoms with Gasteiger partial charge in [0.05, 0.1) is 12.2 Å². The molecule has 146 valence electrons. The number of aromatic nitrogens is 3. The highest BCUT2D eigenvalue weighted by atomic mass is 16.5. The molecule has 1 N–H and O–H groups in total. The minimum atomic E-state index is -0.924. The monoisotopic (exact) mass is 379 g/mol. The Bertz CT molecular complexity index is 932. The fourth-order valence-corrected chi connectivity index (χ4v) is 3.07. The number of hydrogen-bond donors (Lipinski definition) is 1. The summed E-state index contributed by atoms with van der Waals surface area (Å²) in [5, 5.41) is 13.8. The highest BCUT2D eigenvalue weighted by Crippen LogP contribution is 2.25. The molecule has 2 aromatic carbocycles. The molecule has 6 nitrogen and oxygen atoms in total. The van der Waals surface area contributed by atoms with Crippen LogP contribution in [0.25, 0.3) is 11.1 Å². The summed E-state index contributed by atoms with van der Waals surface area (Å²) < 4.78 is 7.38. The standard InChI is InChI=1S/C22H25N3O3/c1-3-5-14-25-20(23-22(24-25)28-4-2)15-16-10-12-17(13-11-16)18-8-6-7-9-19(18)21(26)27/h6-13H,3-5,14-15H2,1-2H3,(H,26,27). The van der Waals surface area contributed by atoms with Gasteiger partial charge in [0.25, 0.3) is 0 Å². The number of nitrogens with zero attached hydrogens (tertiary/aromatic N) is 3. The van der Waals surface area contributed by atoms with E-state index in [1.165, 1.54) is 0 Å². The fraction of sp³-hybridized carbons (Fsp3) is 0.318. The second kappa shape index (κ2) is 9.17. The predicted molar refractivity (Wildman–Crippen MR) is 108 cm³/mol. The molecule has 3 aromatic rings. The highest BCUT2D eigenvalue weighted by molar-refractivity contribution is 5.95. The van der Waals surface area contributed by atoms with Crippen molar-refractivity contribution in [2.75, 3.05) is 6.61 Å². The number of rotatable bonds is 9. The lowest BCUT2D eigenvalue weighted by Gasteiger charge is -2.08. The molecule has 0 fully saturated rings. The molecule has 0 saturated heterocycles. The van der Waals surface area contributed by atoms with Crippen LogP contribution >= 0.6 is 0 Å². The minimum Gasteiger partial charge on any atom is -0.478 e. The van der Waals surface area contributed by atoms with E-state index < -0.39 is 5.97 Å². The van der Waals surface area contributed by atoms with Gasteiger partial charge in [-0.15, -0.1) is 5.10 Å². The molecule has 0 spiro atoms. The Labute approximate surface area is 164 Å². The lowest BCUT2D eigenvalue weighted by Crippen LogP contribution is -2.06. The third-order valence-corrected chi connectivity index (χ3v) is 4.51. The third-order valence-electron chi connectivity index (χ3n) is 4.51. The molecule has 1 heterocycles. The van der Waals surface area contributed by atoms with Gasteiger partial charge in [-0.05, 0) is 36.1 Å². The Balaban J connectivity index is 1.82. The number of carboxylic acids is 1. The molecule has 6 heteroatoms. The molecule has 0 unspecified atom stereocenters. The smallest absolute Gasteiger partial charge is 0.336 e. The Morgan fingerprint density at radius 2 is 1.86 bits per heavy atom. The summed E-state index contributed by atoms with van der Waals surface area (Å²) in [7, 11) is 0. The Kier molecular flexibility index (Phi) is 6.42. The van der Waals surface area contributed by atoms with E-state index >= 15 is 0 Å². The van der Waals surface area contributed by atoms with Crippen molar-refractivity contribution in [1.29, 1.82) is 0 Å². The van der Waals surface area contributed by atoms with Crippen LogP contribution < -0.4 is 4.74 Å². The van der Waals surface area contributed by atoms with Crippen molar-refractivity contribution in [2.24, 2.45) is 0 Å². The molecule has 0 aliphatic rings. The number of ether oxygens (including phenoxy) is 1. The summed E-state index contributed by atoms with van der Waals surface area (Å²) >= 11 is 0. The van der Waals surface area contributed by atoms with E-state index in [9.17, 15) is 9.90 Å². The number of carboxylic acid groups (broad SMARTS) is 1. The van der Waals surface area contributed by atoms with Gasteiger partial charge in [0.2, 0.25) is 0 Å². The molecule has 0 atom stereocenters. The van der Waals surface area contributed by atoms with Gasteiger partial charge >= 0.3 is 12.0 Å². The summed E-state index contributed by atoms with van der Waals surface area (Å²) in [6, 6.07) is 15.4. The van der Waals surface area contributed by atoms with Gasteiger partial charge in [-0.3, -0.25) is 0 Å². The SMILES string of the molecule is CCCCn1nc(OCC)nc1Cc1ccc(-c2ccccc2C(=O)O)cc1. The van der Waals surface area contributed by atoms with E-state index in [4.69, 9.17) is 4.74 Å². The summed E-state index contributed by atoms with van der Waals surface area (Å²) in [4.78, 5) is 16.0. The van der Waals surface area contributed by atoms with Crippen molar-refractivity contribution in [2.45, 2.75) is 39.7 Å². The summed E-state index contributed by atoms with van der Waals surface area (Å²) in [5.74, 6) is -0.0530. The van der Waals surface area contributed by atoms with Crippen LogP contribution in [0.4, 0.5) is 0 Å². The van der Waals surface area contributed by atoms with Crippen LogP contribution in [0.2, 0.25) is 0 Å². The first-order valence-electron chi connectivity index (χ1n) is 9.60. The molecule has 0 radical (unpaired) electrons. The van der Waals surface area contributed by atoms with Crippen molar-refractivity contribution in [3.8, 4) is 17.1 Å². The van der Waals surface area contributed by atoms with Crippen molar-refractivity contribution < 1.29 is 14.6 Å². The van der Waals surface area contributed by atoms with Crippen LogP contribution in [0, 0.1) is 0 Å². The van der Waals surface area contributed by atoms with Crippen LogP contribution in [0.3, 0.4) is 0 Å². The summed E-state index contributed by atoms with van der Waals surface area (Å²) in [5.41, 5.74) is 2.98. The Morgan fingerprint density at radius 1 is 1.11 bits per heavy atom. The maximum atomic E-state index is 11.5. The zero-order chi connectivity index (χ0) is 19.9. The first-order chi connectivity index (χ1) is 13.6. The van der Waals surface area contributed by atoms with Crippen LogP contribution in [0.1, 0.15) is 48.4 Å². The van der Waals surface area contributed by atoms with Crippen LogP contribution in [0.15, 0.2) is 48.5 Å². The first kappa shape index (κ1) is 19.6. The Morgan fingerprint density at radius 3 is 2.54 bits per heavy atom. The zero-order valence-electron chi connectivity index (χ0n) is 16.3. The van der Waals surface area contributed by atoms with Crippen LogP contribution in [-0.4, -0.2) is 32.4 Å². The van der Waals surface area contributed by atoms with Crippen molar-refractivity contribution in [1.82, 2.24) is 14.8 Å². The Hall–Kier alpha value is -3.15. The number of unbranched alkanes of at least 4 members (excludes halogenated alkanes) is 1. The molecular formula is C22H25N3O3. The average molecular weight is 379 g/mol. The van der Waals surface area contributed by atoms with E-state index in [1.54, 1.807) is 12.1 Å². The molecule has 0 aliphatic heterocycles. The zero-order valence-corrected chi connectivity index (χ0v) is 16.3. The molecule has 3 rings (SSSR count). The number of aromatic carboxylic acids is 1. The quantitative estimate of drug-likeness (QED) is 0.595. The maximum Gasteiger partial charge on any atom is 0.336 e. The number of aryl methyl sites for hydroxylation is 1. The van der Waals surface area contributed by atoms with Gasteiger partial charge in [0.15, 0.2) is 0 Å². The third kappa shape index (κ3) is 4.57. The average Bonchev–Trinajstić information content (AvgIpc) is 3.08. The number of carbonyl (C=O) groups is 1. The van der Waals surface area contributed by atoms with Gasteiger partial charge in [0, 0.05) is 13.0 Å². The van der Waals surface area contributed by atoms with Crippen LogP contribution in [-0.2, 0) is 13.0 Å². The summed E-state index contributed by atoms with van der Waals surface area (Å²) in [6.45, 7) is 5.42. The van der Waals surface area contributed by atoms with Crippen LogP contribution in [0.5, 0.6) is 6.01 Å². The van der Waals surface area contributed by atoms with E-state index in [2.05, 4.69) is 17.0 Å². The van der Waals surface area contributed by atoms with E-state index in [0.29, 0.717) is 30.2 Å². The van der Waals surface area contributed by atoms with E-state index in [1.807, 2.05) is 48.0 Å². The largest absolute Gasteiger partial charge is 0.478 e. The minimum absolute atomic E-state index is 0.302. The highest BCUT2D eigenvalue weighted by Gasteiger charge is 2.13. The van der Waals surface area contributed by atoms with Gasteiger partial charge < -0.3 is 9.84 Å². The maximum absolute atomic E-state index is 11.5. The molecule has 0 bridgehead atoms. The first-order valence-corrected chi connectivity index (χ1v) is 9.60. The lowest BCUT2D eigenvalue weighted by atomic mass is 9.98. The topological polar surface area (TPSA) is 77.2 Å². The predicted octanol–water partition coefficient (Wildman–Crippen LogP) is 4.43. The summed E-state index contributed by atoms with van der Waals surface area (Å²) in [6.07, 6.45) is 2.76. The van der Waals surface area contributed by atoms with Gasteiger partial charge in [-0.1, -0.05) is 55.8 Å². The molecule has 0 saturated carbocycles. The van der Waals surface area contributed by atoms with Gasteiger partial charge in [-0.2, -0.15) is 4.98 Å². The fourth-order valence-electron chi connectivity index (χ4n) is 3.07. The van der Waals surface area contributed by atoms with Crippen molar-refractivity contribution in [3.63, 3.8) is 0 Å². The van der Waals surface area contributed by atoms with E-state index in [-0.39, 0.29) is 0 Å². The molecular weight excluding hydrogens is 354 g/mol. The van der Waals surface area contributed by atoms with Crippen molar-refractivity contribution >= 4 is 5.97 Å². The molecule has 0 amide bonds. The molecule has 1 aromatic heterocycles. The van der Waals surface area contributed by atoms with E-state index in [0.717, 1.165) is 36.3 Å². The second-order valence-electron chi connectivity index (χ2n) is 6.54. The molecule has 28 heavy (non-hydrogen) atoms. The van der Waals surface area contributed by atoms with Gasteiger partial charge in [-0.25, -0.2) is 9.48 Å². The normalized spacial score (nSPS) is 10.8. The van der Waals surface area contributed by atoms with Gasteiger partial charge in [0.1, 0.15) is 5.82 Å². The lowest BCUT2D eigenvalue weighted by molar-refractivity contribution is 0.0697. The second-order valence-corrected chi connectivity index (χ2v) is 6.54. The molecule has 0 aliphatic carbocycles. The number of benzene rings is 2.